The molecule has 0 unspecified atom stereocenters. The third-order valence-electron chi connectivity index (χ3n) is 8.91. The second-order valence-corrected chi connectivity index (χ2v) is 17.8. The van der Waals surface area contributed by atoms with Gasteiger partial charge >= 0.3 is 6.09 Å². The number of rotatable bonds is 13. The number of methoxy groups -OCH3 is 2. The Morgan fingerprint density at radius 3 is 2.02 bits per heavy atom. The van der Waals surface area contributed by atoms with Crippen LogP contribution >= 0.6 is 0 Å². The average molecular weight is 634 g/mol. The maximum Gasteiger partial charge on any atom is 0.416 e. The molecule has 1 heterocycles. The third kappa shape index (κ3) is 7.95. The van der Waals surface area contributed by atoms with Gasteiger partial charge in [-0.05, 0) is 61.2 Å². The fourth-order valence-electron chi connectivity index (χ4n) is 5.30. The molecule has 9 heteroatoms. The number of carbonyl (C=O) groups excluding carboxylic acids is 2. The van der Waals surface area contributed by atoms with Crippen LogP contribution in [0.2, 0.25) is 18.1 Å². The Bertz CT molecular complexity index is 1430. The van der Waals surface area contributed by atoms with Crippen LogP contribution in [0.1, 0.15) is 49.4 Å². The van der Waals surface area contributed by atoms with Crippen LogP contribution in [-0.4, -0.2) is 58.7 Å². The lowest BCUT2D eigenvalue weighted by Crippen LogP contribution is -2.52. The Morgan fingerprint density at radius 1 is 0.933 bits per heavy atom. The van der Waals surface area contributed by atoms with Gasteiger partial charge in [-0.2, -0.15) is 0 Å². The predicted octanol–water partition coefficient (Wildman–Crippen LogP) is 7.43. The van der Waals surface area contributed by atoms with Crippen molar-refractivity contribution >= 4 is 20.3 Å². The first-order valence-corrected chi connectivity index (χ1v) is 18.3. The molecule has 2 atom stereocenters. The molecular formula is C36H47NO7Si. The highest BCUT2D eigenvalue weighted by molar-refractivity contribution is 6.74. The fourth-order valence-corrected chi connectivity index (χ4v) is 6.68. The van der Waals surface area contributed by atoms with E-state index < -0.39 is 32.1 Å². The van der Waals surface area contributed by atoms with Gasteiger partial charge in [-0.25, -0.2) is 9.69 Å². The predicted molar refractivity (Wildman–Crippen MR) is 177 cm³/mol. The molecule has 242 valence electrons. The first-order chi connectivity index (χ1) is 21.3. The van der Waals surface area contributed by atoms with Gasteiger partial charge in [0.15, 0.2) is 14.1 Å². The molecule has 0 aromatic heterocycles. The van der Waals surface area contributed by atoms with Crippen molar-refractivity contribution in [2.45, 2.75) is 76.9 Å². The van der Waals surface area contributed by atoms with Crippen LogP contribution in [0.4, 0.5) is 4.79 Å². The van der Waals surface area contributed by atoms with Crippen LogP contribution in [0.5, 0.6) is 11.5 Å². The fraction of sp³-hybridized carbons (Fsp3) is 0.444. The van der Waals surface area contributed by atoms with E-state index in [0.717, 1.165) is 16.7 Å². The number of benzene rings is 3. The van der Waals surface area contributed by atoms with Gasteiger partial charge in [0.1, 0.15) is 18.1 Å². The molecule has 0 aliphatic carbocycles. The van der Waals surface area contributed by atoms with Gasteiger partial charge in [0, 0.05) is 11.1 Å². The van der Waals surface area contributed by atoms with E-state index in [0.29, 0.717) is 29.9 Å². The second-order valence-electron chi connectivity index (χ2n) is 13.1. The van der Waals surface area contributed by atoms with Crippen molar-refractivity contribution in [3.63, 3.8) is 0 Å². The first-order valence-electron chi connectivity index (χ1n) is 15.4. The highest BCUT2D eigenvalue weighted by atomic mass is 28.4. The minimum atomic E-state index is -2.62. The van der Waals surface area contributed by atoms with Crippen molar-refractivity contribution < 1.29 is 33.0 Å². The monoisotopic (exact) mass is 633 g/mol. The number of nitrogens with zero attached hydrogens (tertiary/aromatic N) is 1. The van der Waals surface area contributed by atoms with Crippen molar-refractivity contribution in [3.05, 3.63) is 95.1 Å². The van der Waals surface area contributed by atoms with Crippen molar-refractivity contribution in [2.75, 3.05) is 27.4 Å². The van der Waals surface area contributed by atoms with Crippen LogP contribution in [0.3, 0.4) is 0 Å². The van der Waals surface area contributed by atoms with Gasteiger partial charge in [-0.3, -0.25) is 4.79 Å². The molecule has 3 aromatic rings. The number of amides is 2. The normalized spacial score (nSPS) is 16.7. The summed E-state index contributed by atoms with van der Waals surface area (Å²) in [5.41, 5.74) is 3.50. The Balaban J connectivity index is 1.81. The lowest BCUT2D eigenvalue weighted by atomic mass is 9.98. The molecule has 4 rings (SSSR count). The maximum absolute atomic E-state index is 14.4. The number of ether oxygens (including phenoxy) is 4. The van der Waals surface area contributed by atoms with Crippen LogP contribution in [-0.2, 0) is 37.3 Å². The van der Waals surface area contributed by atoms with Gasteiger partial charge in [-0.15, -0.1) is 0 Å². The van der Waals surface area contributed by atoms with Gasteiger partial charge < -0.3 is 23.4 Å². The molecule has 0 bridgehead atoms. The second kappa shape index (κ2) is 14.2. The SMILES string of the molecule is COc1cc([C@](CC(=O)N2C(=O)OC[C@@H]2Cc2ccccc2)(OCCc2ccccc2)O[Si](C)(C)C(C)(C)C)cc(OC)c1C. The average Bonchev–Trinajstić information content (AvgIpc) is 3.36. The van der Waals surface area contributed by atoms with E-state index in [9.17, 15) is 9.59 Å². The molecule has 1 fully saturated rings. The molecule has 0 radical (unpaired) electrons. The summed E-state index contributed by atoms with van der Waals surface area (Å²) in [5.74, 6) is -0.831. The smallest absolute Gasteiger partial charge is 0.416 e. The van der Waals surface area contributed by atoms with Gasteiger partial charge in [0.2, 0.25) is 5.91 Å². The van der Waals surface area contributed by atoms with Crippen molar-refractivity contribution in [2.24, 2.45) is 0 Å². The Morgan fingerprint density at radius 2 is 1.49 bits per heavy atom. The summed E-state index contributed by atoms with van der Waals surface area (Å²) in [4.78, 5) is 28.7. The molecule has 3 aromatic carbocycles. The van der Waals surface area contributed by atoms with Crippen LogP contribution in [0, 0.1) is 6.92 Å². The van der Waals surface area contributed by atoms with Gasteiger partial charge in [0.25, 0.3) is 0 Å². The van der Waals surface area contributed by atoms with E-state index >= 15 is 0 Å². The lowest BCUT2D eigenvalue weighted by Gasteiger charge is -2.46. The summed E-state index contributed by atoms with van der Waals surface area (Å²) >= 11 is 0. The zero-order valence-corrected chi connectivity index (χ0v) is 28.8. The van der Waals surface area contributed by atoms with Gasteiger partial charge in [-0.1, -0.05) is 81.4 Å². The topological polar surface area (TPSA) is 83.5 Å². The molecule has 0 saturated carbocycles. The Hall–Kier alpha value is -3.66. The summed E-state index contributed by atoms with van der Waals surface area (Å²) in [6, 6.07) is 23.0. The molecular weight excluding hydrogens is 586 g/mol. The Kier molecular flexibility index (Phi) is 10.8. The highest BCUT2D eigenvalue weighted by Crippen LogP contribution is 2.46. The zero-order chi connectivity index (χ0) is 32.8. The van der Waals surface area contributed by atoms with E-state index in [1.165, 1.54) is 4.90 Å². The number of carbonyl (C=O) groups is 2. The van der Waals surface area contributed by atoms with Crippen molar-refractivity contribution in [1.82, 2.24) is 4.90 Å². The van der Waals surface area contributed by atoms with E-state index in [-0.39, 0.29) is 24.7 Å². The van der Waals surface area contributed by atoms with E-state index in [1.54, 1.807) is 14.2 Å². The minimum Gasteiger partial charge on any atom is -0.496 e. The number of cyclic esters (lactones) is 1. The largest absolute Gasteiger partial charge is 0.496 e. The molecule has 1 saturated heterocycles. The zero-order valence-electron chi connectivity index (χ0n) is 27.8. The summed E-state index contributed by atoms with van der Waals surface area (Å²) in [7, 11) is 0.574. The quantitative estimate of drug-likeness (QED) is 0.143. The molecule has 1 aliphatic rings. The Labute approximate surface area is 268 Å². The number of hydrogen-bond acceptors (Lipinski definition) is 7. The molecule has 2 amide bonds. The van der Waals surface area contributed by atoms with Crippen LogP contribution < -0.4 is 9.47 Å². The van der Waals surface area contributed by atoms with E-state index in [2.05, 4.69) is 33.9 Å². The highest BCUT2D eigenvalue weighted by Gasteiger charge is 2.50. The third-order valence-corrected chi connectivity index (χ3v) is 13.4. The minimum absolute atomic E-state index is 0.122. The van der Waals surface area contributed by atoms with Crippen LogP contribution in [0.25, 0.3) is 0 Å². The number of hydrogen-bond donors (Lipinski definition) is 0. The summed E-state index contributed by atoms with van der Waals surface area (Å²) in [6.45, 7) is 13.0. The lowest BCUT2D eigenvalue weighted by molar-refractivity contribution is -0.207. The van der Waals surface area contributed by atoms with Gasteiger partial charge in [0.05, 0.1) is 33.3 Å². The molecule has 0 spiro atoms. The molecule has 0 N–H and O–H groups in total. The standard InChI is InChI=1S/C36H47NO7Si/c1-26-31(40-5)22-29(23-32(26)41-6)36(44-45(7,8)35(2,3)4,43-20-19-27-15-11-9-12-16-27)24-33(38)37-30(25-42-34(37)39)21-28-17-13-10-14-18-28/h9-18,22-23,30H,19-21,24-25H2,1-8H3/t30-,36+/m0/s1. The molecule has 8 nitrogen and oxygen atoms in total. The molecule has 1 aliphatic heterocycles. The summed E-state index contributed by atoms with van der Waals surface area (Å²) in [5, 5.41) is -0.217. The van der Waals surface area contributed by atoms with Crippen molar-refractivity contribution in [3.8, 4) is 11.5 Å². The maximum atomic E-state index is 14.4. The van der Waals surface area contributed by atoms with E-state index in [4.69, 9.17) is 23.4 Å². The number of imide groups is 1. The van der Waals surface area contributed by atoms with Crippen LogP contribution in [0.15, 0.2) is 72.8 Å². The summed E-state index contributed by atoms with van der Waals surface area (Å²) < 4.78 is 30.9. The first kappa shape index (κ1) is 34.2. The van der Waals surface area contributed by atoms with Crippen molar-refractivity contribution in [1.29, 1.82) is 0 Å². The molecule has 45 heavy (non-hydrogen) atoms. The van der Waals surface area contributed by atoms with E-state index in [1.807, 2.05) is 79.7 Å². The summed E-state index contributed by atoms with van der Waals surface area (Å²) in [6.07, 6.45) is 0.171.